The van der Waals surface area contributed by atoms with Crippen LogP contribution in [-0.4, -0.2) is 24.2 Å². The molecule has 0 bridgehead atoms. The minimum Gasteiger partial charge on any atom is -0.504 e. The monoisotopic (exact) mass is 298 g/mol. The Labute approximate surface area is 122 Å². The fourth-order valence-electron chi connectivity index (χ4n) is 1.10. The molecule has 0 fully saturated rings. The van der Waals surface area contributed by atoms with Gasteiger partial charge in [0, 0.05) is 18.9 Å². The lowest BCUT2D eigenvalue weighted by atomic mass is 10.2. The van der Waals surface area contributed by atoms with Crippen LogP contribution in [0.2, 0.25) is 0 Å². The number of aromatic hydroxyl groups is 1. The van der Waals surface area contributed by atoms with Crippen LogP contribution in [0.15, 0.2) is 24.3 Å². The first-order valence-corrected chi connectivity index (χ1v) is 5.92. The minimum atomic E-state index is -0.684. The van der Waals surface area contributed by atoms with E-state index in [1.807, 2.05) is 25.1 Å². The van der Waals surface area contributed by atoms with Gasteiger partial charge in [0.25, 0.3) is 0 Å². The van der Waals surface area contributed by atoms with Crippen LogP contribution in [0.1, 0.15) is 26.3 Å². The molecule has 0 aliphatic heterocycles. The van der Waals surface area contributed by atoms with Crippen LogP contribution in [-0.2, 0) is 24.4 Å². The number of carbonyl (C=O) groups excluding carboxylic acids is 2. The highest BCUT2D eigenvalue weighted by Gasteiger charge is 1.99. The van der Waals surface area contributed by atoms with Gasteiger partial charge in [0.05, 0.1) is 7.11 Å². The Kier molecular flexibility index (Phi) is 9.03. The molecule has 0 atom stereocenters. The molecule has 1 N–H and O–H groups in total. The average Bonchev–Trinajstić information content (AvgIpc) is 2.41. The summed E-state index contributed by atoms with van der Waals surface area (Å²) in [5, 5.41) is 12.9. The summed E-state index contributed by atoms with van der Waals surface area (Å²) in [6.07, 6.45) is 3.88. The van der Waals surface area contributed by atoms with E-state index < -0.39 is 11.9 Å². The van der Waals surface area contributed by atoms with Gasteiger partial charge in [0.1, 0.15) is 0 Å². The lowest BCUT2D eigenvalue weighted by Crippen LogP contribution is -2.04. The number of benzene rings is 1. The molecule has 7 heteroatoms. The third kappa shape index (κ3) is 9.06. The highest BCUT2D eigenvalue weighted by atomic mass is 17.5. The molecular formula is C14H18O7. The molecule has 7 nitrogen and oxygen atoms in total. The number of hydrogen-bond donors (Lipinski definition) is 1. The van der Waals surface area contributed by atoms with Crippen LogP contribution >= 0.6 is 0 Å². The zero-order chi connectivity index (χ0) is 16.3. The van der Waals surface area contributed by atoms with Crippen molar-refractivity contribution in [3.63, 3.8) is 0 Å². The van der Waals surface area contributed by atoms with Gasteiger partial charge in [-0.2, -0.15) is 0 Å². The van der Waals surface area contributed by atoms with Crippen LogP contribution in [0.4, 0.5) is 0 Å². The van der Waals surface area contributed by atoms with Crippen molar-refractivity contribution in [3.05, 3.63) is 29.8 Å². The van der Waals surface area contributed by atoms with E-state index in [1.165, 1.54) is 7.11 Å². The summed E-state index contributed by atoms with van der Waals surface area (Å²) in [7, 11) is 1.54. The van der Waals surface area contributed by atoms with E-state index in [1.54, 1.807) is 12.1 Å². The first kappa shape index (κ1) is 18.5. The maximum Gasteiger partial charge on any atom is 0.343 e. The summed E-state index contributed by atoms with van der Waals surface area (Å²) in [5.74, 6) is -0.691. The quantitative estimate of drug-likeness (QED) is 0.674. The molecule has 0 spiro atoms. The largest absolute Gasteiger partial charge is 0.504 e. The molecule has 1 aromatic rings. The summed E-state index contributed by atoms with van der Waals surface area (Å²) >= 11 is 0. The van der Waals surface area contributed by atoms with Gasteiger partial charge in [-0.3, -0.25) is 9.78 Å². The molecule has 0 saturated carbocycles. The number of rotatable bonds is 4. The SMILES string of the molecule is C/C=C/c1ccc(O)c(OC)c1.CC(=O)OOOC(C)=O. The summed E-state index contributed by atoms with van der Waals surface area (Å²) < 4.78 is 4.95. The van der Waals surface area contributed by atoms with Crippen molar-refractivity contribution in [2.45, 2.75) is 20.8 Å². The fourth-order valence-corrected chi connectivity index (χ4v) is 1.10. The fraction of sp³-hybridized carbons (Fsp3) is 0.286. The molecule has 0 aliphatic carbocycles. The third-order valence-electron chi connectivity index (χ3n) is 1.87. The smallest absolute Gasteiger partial charge is 0.343 e. The van der Waals surface area contributed by atoms with Gasteiger partial charge in [-0.25, -0.2) is 9.59 Å². The Bertz CT molecular complexity index is 480. The second-order valence-corrected chi connectivity index (χ2v) is 3.65. The Morgan fingerprint density at radius 1 is 1.14 bits per heavy atom. The molecule has 116 valence electrons. The van der Waals surface area contributed by atoms with Crippen molar-refractivity contribution in [2.75, 3.05) is 7.11 Å². The zero-order valence-corrected chi connectivity index (χ0v) is 12.3. The van der Waals surface area contributed by atoms with Gasteiger partial charge in [-0.05, 0) is 24.6 Å². The maximum absolute atomic E-state index is 9.89. The Morgan fingerprint density at radius 3 is 2.14 bits per heavy atom. The number of phenolic OH excluding ortho intramolecular Hbond substituents is 1. The summed E-state index contributed by atoms with van der Waals surface area (Å²) in [4.78, 5) is 27.3. The lowest BCUT2D eigenvalue weighted by molar-refractivity contribution is -0.458. The number of ether oxygens (including phenoxy) is 1. The first-order chi connectivity index (χ1) is 9.90. The van der Waals surface area contributed by atoms with Gasteiger partial charge in [-0.1, -0.05) is 18.2 Å². The molecule has 21 heavy (non-hydrogen) atoms. The molecule has 1 rings (SSSR count). The lowest BCUT2D eigenvalue weighted by Gasteiger charge is -2.03. The Balaban J connectivity index is 0.000000400. The number of methoxy groups -OCH3 is 1. The highest BCUT2D eigenvalue weighted by molar-refractivity contribution is 5.66. The summed E-state index contributed by atoms with van der Waals surface area (Å²) in [6.45, 7) is 4.17. The van der Waals surface area contributed by atoms with Crippen LogP contribution in [0.25, 0.3) is 6.08 Å². The highest BCUT2D eigenvalue weighted by Crippen LogP contribution is 2.26. The topological polar surface area (TPSA) is 91.3 Å². The van der Waals surface area contributed by atoms with Crippen LogP contribution < -0.4 is 4.74 Å². The molecular weight excluding hydrogens is 280 g/mol. The van der Waals surface area contributed by atoms with E-state index in [9.17, 15) is 14.7 Å². The van der Waals surface area contributed by atoms with Gasteiger partial charge in [-0.15, -0.1) is 0 Å². The number of hydrogen-bond acceptors (Lipinski definition) is 7. The Hall–Kier alpha value is -2.54. The van der Waals surface area contributed by atoms with Crippen LogP contribution in [0, 0.1) is 0 Å². The molecule has 0 aromatic heterocycles. The van der Waals surface area contributed by atoms with E-state index in [-0.39, 0.29) is 5.75 Å². The number of phenols is 1. The number of allylic oxidation sites excluding steroid dienone is 1. The van der Waals surface area contributed by atoms with E-state index >= 15 is 0 Å². The first-order valence-electron chi connectivity index (χ1n) is 5.92. The predicted molar refractivity (Wildman–Crippen MR) is 74.0 cm³/mol. The molecule has 0 unspecified atom stereocenters. The molecule has 0 amide bonds. The van der Waals surface area contributed by atoms with Crippen molar-refractivity contribution in [2.24, 2.45) is 0 Å². The molecule has 0 radical (unpaired) electrons. The molecule has 0 heterocycles. The van der Waals surface area contributed by atoms with E-state index in [2.05, 4.69) is 14.8 Å². The van der Waals surface area contributed by atoms with E-state index in [4.69, 9.17) is 4.74 Å². The average molecular weight is 298 g/mol. The maximum atomic E-state index is 9.89. The third-order valence-corrected chi connectivity index (χ3v) is 1.87. The molecule has 1 aromatic carbocycles. The van der Waals surface area contributed by atoms with Gasteiger partial charge in [0.2, 0.25) is 0 Å². The van der Waals surface area contributed by atoms with Crippen molar-refractivity contribution < 1.29 is 34.2 Å². The Morgan fingerprint density at radius 2 is 1.71 bits per heavy atom. The zero-order valence-electron chi connectivity index (χ0n) is 12.3. The van der Waals surface area contributed by atoms with Gasteiger partial charge < -0.3 is 9.84 Å². The second kappa shape index (κ2) is 10.3. The van der Waals surface area contributed by atoms with E-state index in [0.29, 0.717) is 5.75 Å². The van der Waals surface area contributed by atoms with Gasteiger partial charge in [0.15, 0.2) is 11.5 Å². The van der Waals surface area contributed by atoms with Crippen molar-refractivity contribution in [1.82, 2.24) is 0 Å². The van der Waals surface area contributed by atoms with Gasteiger partial charge >= 0.3 is 11.9 Å². The number of carbonyl (C=O) groups is 2. The van der Waals surface area contributed by atoms with Crippen molar-refractivity contribution in [3.8, 4) is 11.5 Å². The normalized spacial score (nSPS) is 9.52. The summed E-state index contributed by atoms with van der Waals surface area (Å²) in [6, 6.07) is 5.24. The summed E-state index contributed by atoms with van der Waals surface area (Å²) in [5.41, 5.74) is 1.02. The predicted octanol–water partition coefficient (Wildman–Crippen LogP) is 2.39. The minimum absolute atomic E-state index is 0.172. The standard InChI is InChI=1S/C10H12O2.C4H6O5/c1-3-4-8-5-6-9(11)10(7-8)12-2;1-3(5)7-9-8-4(2)6/h3-7,11H,1-2H3;1-2H3/b4-3+;. The molecule has 0 saturated heterocycles. The second-order valence-electron chi connectivity index (χ2n) is 3.65. The van der Waals surface area contributed by atoms with Crippen molar-refractivity contribution in [1.29, 1.82) is 0 Å². The van der Waals surface area contributed by atoms with E-state index in [0.717, 1.165) is 19.4 Å². The van der Waals surface area contributed by atoms with Crippen molar-refractivity contribution >= 4 is 18.0 Å². The van der Waals surface area contributed by atoms with Crippen LogP contribution in [0.5, 0.6) is 11.5 Å². The molecule has 0 aliphatic rings. The van der Waals surface area contributed by atoms with Crippen LogP contribution in [0.3, 0.4) is 0 Å².